The minimum absolute atomic E-state index is 0.0844. The number of para-hydroxylation sites is 1. The van der Waals surface area contributed by atoms with Crippen molar-refractivity contribution in [1.82, 2.24) is 4.90 Å². The van der Waals surface area contributed by atoms with Gasteiger partial charge in [-0.25, -0.2) is 4.79 Å². The van der Waals surface area contributed by atoms with Crippen LogP contribution in [0.5, 0.6) is 0 Å². The van der Waals surface area contributed by atoms with E-state index in [2.05, 4.69) is 0 Å². The number of anilines is 1. The largest absolute Gasteiger partial charge is 0.362 e. The summed E-state index contributed by atoms with van der Waals surface area (Å²) < 4.78 is 11.9. The van der Waals surface area contributed by atoms with E-state index in [1.54, 1.807) is 11.9 Å². The van der Waals surface area contributed by atoms with E-state index in [1.165, 1.54) is 0 Å². The van der Waals surface area contributed by atoms with Crippen LogP contribution in [-0.4, -0.2) is 42.5 Å². The Morgan fingerprint density at radius 2 is 1.65 bits per heavy atom. The molecule has 0 spiro atoms. The Labute approximate surface area is 154 Å². The number of nitrogens with zero attached hydrogens (tertiary/aromatic N) is 2. The van der Waals surface area contributed by atoms with E-state index in [-0.39, 0.29) is 30.0 Å². The second-order valence-corrected chi connectivity index (χ2v) is 7.38. The van der Waals surface area contributed by atoms with E-state index in [1.807, 2.05) is 79.4 Å². The summed E-state index contributed by atoms with van der Waals surface area (Å²) in [5.41, 5.74) is 1.66. The van der Waals surface area contributed by atoms with Gasteiger partial charge >= 0.3 is 6.03 Å². The highest BCUT2D eigenvalue weighted by molar-refractivity contribution is 5.92. The molecule has 0 saturated carbocycles. The van der Waals surface area contributed by atoms with Gasteiger partial charge in [0.1, 0.15) is 6.10 Å². The first-order valence-corrected chi connectivity index (χ1v) is 8.94. The van der Waals surface area contributed by atoms with E-state index in [0.29, 0.717) is 6.61 Å². The summed E-state index contributed by atoms with van der Waals surface area (Å²) in [5, 5.41) is 0. The van der Waals surface area contributed by atoms with Crippen LogP contribution in [0, 0.1) is 0 Å². The first-order valence-electron chi connectivity index (χ1n) is 8.94. The van der Waals surface area contributed by atoms with Gasteiger partial charge in [-0.2, -0.15) is 0 Å². The third-order valence-corrected chi connectivity index (χ3v) is 5.19. The molecule has 26 heavy (non-hydrogen) atoms. The number of carbonyl (C=O) groups excluding carboxylic acids is 1. The Morgan fingerprint density at radius 1 is 1.08 bits per heavy atom. The van der Waals surface area contributed by atoms with E-state index < -0.39 is 0 Å². The van der Waals surface area contributed by atoms with Crippen LogP contribution < -0.4 is 4.90 Å². The maximum atomic E-state index is 13.4. The van der Waals surface area contributed by atoms with Crippen molar-refractivity contribution in [2.24, 2.45) is 0 Å². The van der Waals surface area contributed by atoms with Crippen LogP contribution in [0.15, 0.2) is 60.7 Å². The number of hydrogen-bond donors (Lipinski definition) is 0. The molecule has 3 atom stereocenters. The molecule has 2 saturated heterocycles. The molecule has 136 valence electrons. The molecule has 0 bridgehead atoms. The Kier molecular flexibility index (Phi) is 4.21. The summed E-state index contributed by atoms with van der Waals surface area (Å²) in [5.74, 6) is 0. The zero-order valence-electron chi connectivity index (χ0n) is 15.3. The molecule has 2 aliphatic heterocycles. The summed E-state index contributed by atoms with van der Waals surface area (Å²) in [6.07, 6.45) is -0.488. The molecule has 2 amide bonds. The summed E-state index contributed by atoms with van der Waals surface area (Å²) in [6, 6.07) is 19.5. The lowest BCUT2D eigenvalue weighted by atomic mass is 10.1. The summed E-state index contributed by atoms with van der Waals surface area (Å²) in [6.45, 7) is 4.53. The van der Waals surface area contributed by atoms with Crippen molar-refractivity contribution in [3.63, 3.8) is 0 Å². The van der Waals surface area contributed by atoms with Crippen molar-refractivity contribution in [2.75, 3.05) is 18.6 Å². The number of urea groups is 1. The molecule has 2 fully saturated rings. The smallest absolute Gasteiger partial charge is 0.326 e. The van der Waals surface area contributed by atoms with Crippen LogP contribution in [-0.2, 0) is 9.47 Å². The van der Waals surface area contributed by atoms with E-state index in [0.717, 1.165) is 11.3 Å². The molecule has 2 aliphatic rings. The second kappa shape index (κ2) is 6.41. The molecular weight excluding hydrogens is 328 g/mol. The minimum atomic E-state index is -0.381. The molecule has 2 aromatic carbocycles. The maximum Gasteiger partial charge on any atom is 0.326 e. The van der Waals surface area contributed by atoms with Gasteiger partial charge in [0.2, 0.25) is 0 Å². The van der Waals surface area contributed by atoms with Crippen molar-refractivity contribution in [3.05, 3.63) is 66.2 Å². The fourth-order valence-electron chi connectivity index (χ4n) is 3.57. The number of ether oxygens (including phenoxy) is 2. The Bertz CT molecular complexity index is 778. The third-order valence-electron chi connectivity index (χ3n) is 5.19. The van der Waals surface area contributed by atoms with Crippen LogP contribution in [0.1, 0.15) is 25.5 Å². The van der Waals surface area contributed by atoms with Gasteiger partial charge in [-0.3, -0.25) is 9.80 Å². The lowest BCUT2D eigenvalue weighted by molar-refractivity contribution is 0.0276. The SMILES string of the molecule is CN(C(=O)N1[C@@H](c2ccccc2)CO[C@H]1[C@@H]1OC1(C)C)c1ccccc1. The van der Waals surface area contributed by atoms with Crippen LogP contribution in [0.4, 0.5) is 10.5 Å². The molecule has 0 aliphatic carbocycles. The van der Waals surface area contributed by atoms with Crippen LogP contribution in [0.25, 0.3) is 0 Å². The normalized spacial score (nSPS) is 26.6. The standard InChI is InChI=1S/C21H24N2O3/c1-21(2)18(26-21)19-23(17(14-25-19)15-10-6-4-7-11-15)20(24)22(3)16-12-8-5-9-13-16/h4-13,17-19H,14H2,1-3H3/t17-,18+,19+/m1/s1. The van der Waals surface area contributed by atoms with Gasteiger partial charge < -0.3 is 9.47 Å². The van der Waals surface area contributed by atoms with Crippen molar-refractivity contribution in [1.29, 1.82) is 0 Å². The lowest BCUT2D eigenvalue weighted by Crippen LogP contribution is -2.48. The summed E-state index contributed by atoms with van der Waals surface area (Å²) >= 11 is 0. The van der Waals surface area contributed by atoms with Gasteiger partial charge in [-0.1, -0.05) is 48.5 Å². The fourth-order valence-corrected chi connectivity index (χ4v) is 3.57. The highest BCUT2D eigenvalue weighted by atomic mass is 16.6. The van der Waals surface area contributed by atoms with E-state index in [4.69, 9.17) is 9.47 Å². The van der Waals surface area contributed by atoms with Gasteiger partial charge in [0.25, 0.3) is 0 Å². The highest BCUT2D eigenvalue weighted by Crippen LogP contribution is 2.45. The van der Waals surface area contributed by atoms with Crippen LogP contribution in [0.2, 0.25) is 0 Å². The minimum Gasteiger partial charge on any atom is -0.362 e. The van der Waals surface area contributed by atoms with Gasteiger partial charge in [-0.05, 0) is 31.5 Å². The molecule has 4 rings (SSSR count). The number of amides is 2. The Morgan fingerprint density at radius 3 is 2.23 bits per heavy atom. The number of benzene rings is 2. The van der Waals surface area contributed by atoms with Crippen LogP contribution in [0.3, 0.4) is 0 Å². The average molecular weight is 352 g/mol. The van der Waals surface area contributed by atoms with Crippen molar-refractivity contribution in [3.8, 4) is 0 Å². The lowest BCUT2D eigenvalue weighted by Gasteiger charge is -2.32. The molecule has 2 aromatic rings. The molecule has 5 heteroatoms. The van der Waals surface area contributed by atoms with Gasteiger partial charge in [-0.15, -0.1) is 0 Å². The second-order valence-electron chi connectivity index (χ2n) is 7.38. The Hall–Kier alpha value is -2.37. The van der Waals surface area contributed by atoms with Crippen molar-refractivity contribution < 1.29 is 14.3 Å². The van der Waals surface area contributed by atoms with Gasteiger partial charge in [0.15, 0.2) is 6.23 Å². The third kappa shape index (κ3) is 2.97. The molecule has 0 aromatic heterocycles. The molecule has 5 nitrogen and oxygen atoms in total. The predicted octanol–water partition coefficient (Wildman–Crippen LogP) is 3.82. The predicted molar refractivity (Wildman–Crippen MR) is 100.0 cm³/mol. The molecule has 2 heterocycles. The zero-order valence-corrected chi connectivity index (χ0v) is 15.3. The summed E-state index contributed by atoms with van der Waals surface area (Å²) in [7, 11) is 1.80. The number of epoxide rings is 1. The average Bonchev–Trinajstić information content (AvgIpc) is 3.10. The fraction of sp³-hybridized carbons (Fsp3) is 0.381. The maximum absolute atomic E-state index is 13.4. The van der Waals surface area contributed by atoms with Crippen molar-refractivity contribution >= 4 is 11.7 Å². The number of rotatable bonds is 3. The van der Waals surface area contributed by atoms with Crippen LogP contribution >= 0.6 is 0 Å². The number of carbonyl (C=O) groups is 1. The molecule has 0 N–H and O–H groups in total. The number of hydrogen-bond acceptors (Lipinski definition) is 3. The van der Waals surface area contributed by atoms with Gasteiger partial charge in [0, 0.05) is 12.7 Å². The van der Waals surface area contributed by atoms with E-state index >= 15 is 0 Å². The monoisotopic (exact) mass is 352 g/mol. The summed E-state index contributed by atoms with van der Waals surface area (Å²) in [4.78, 5) is 16.9. The zero-order chi connectivity index (χ0) is 18.3. The molecular formula is C21H24N2O3. The van der Waals surface area contributed by atoms with Gasteiger partial charge in [0.05, 0.1) is 18.2 Å². The quantitative estimate of drug-likeness (QED) is 0.789. The van der Waals surface area contributed by atoms with E-state index in [9.17, 15) is 4.79 Å². The first kappa shape index (κ1) is 17.1. The van der Waals surface area contributed by atoms with Crippen molar-refractivity contribution in [2.45, 2.75) is 37.8 Å². The Balaban J connectivity index is 1.65. The molecule has 0 unspecified atom stereocenters. The topological polar surface area (TPSA) is 45.3 Å². The first-order chi connectivity index (χ1) is 12.5. The highest BCUT2D eigenvalue weighted by Gasteiger charge is 2.59. The molecule has 0 radical (unpaired) electrons.